The van der Waals surface area contributed by atoms with Gasteiger partial charge in [-0.1, -0.05) is 13.0 Å². The lowest BCUT2D eigenvalue weighted by Crippen LogP contribution is -2.21. The third-order valence-electron chi connectivity index (χ3n) is 2.37. The second-order valence-corrected chi connectivity index (χ2v) is 4.37. The van der Waals surface area contributed by atoms with E-state index in [0.29, 0.717) is 6.04 Å². The average Bonchev–Trinajstić information content (AvgIpc) is 2.77. The van der Waals surface area contributed by atoms with Gasteiger partial charge in [-0.05, 0) is 36.8 Å². The summed E-state index contributed by atoms with van der Waals surface area (Å²) in [5.74, 6) is 0.920. The Labute approximate surface area is 77.8 Å². The molecule has 2 heteroatoms. The SMILES string of the molecule is CCNC(c1cccs1)C1CC1. The van der Waals surface area contributed by atoms with E-state index in [9.17, 15) is 0 Å². The summed E-state index contributed by atoms with van der Waals surface area (Å²) in [6.07, 6.45) is 2.82. The van der Waals surface area contributed by atoms with Crippen LogP contribution in [0.4, 0.5) is 0 Å². The third kappa shape index (κ3) is 1.70. The summed E-state index contributed by atoms with van der Waals surface area (Å²) >= 11 is 1.88. The Bertz CT molecular complexity index is 226. The molecule has 0 aliphatic heterocycles. The van der Waals surface area contributed by atoms with Crippen molar-refractivity contribution in [2.75, 3.05) is 6.54 Å². The molecule has 0 radical (unpaired) electrons. The maximum absolute atomic E-state index is 3.56. The highest BCUT2D eigenvalue weighted by Gasteiger charge is 2.31. The number of hydrogen-bond acceptors (Lipinski definition) is 2. The van der Waals surface area contributed by atoms with E-state index >= 15 is 0 Å². The molecule has 1 aliphatic carbocycles. The first-order chi connectivity index (χ1) is 5.92. The molecule has 0 aromatic carbocycles. The van der Waals surface area contributed by atoms with E-state index < -0.39 is 0 Å². The molecule has 2 rings (SSSR count). The maximum Gasteiger partial charge on any atom is 0.0443 e. The van der Waals surface area contributed by atoms with Gasteiger partial charge in [-0.25, -0.2) is 0 Å². The van der Waals surface area contributed by atoms with Crippen LogP contribution in [-0.2, 0) is 0 Å². The Balaban J connectivity index is 2.05. The van der Waals surface area contributed by atoms with Crippen LogP contribution >= 0.6 is 11.3 Å². The first-order valence-corrected chi connectivity index (χ1v) is 5.56. The van der Waals surface area contributed by atoms with Gasteiger partial charge in [0, 0.05) is 10.9 Å². The fourth-order valence-corrected chi connectivity index (χ4v) is 2.51. The van der Waals surface area contributed by atoms with Crippen LogP contribution in [0.2, 0.25) is 0 Å². The molecule has 1 unspecified atom stereocenters. The topological polar surface area (TPSA) is 12.0 Å². The first-order valence-electron chi connectivity index (χ1n) is 4.68. The largest absolute Gasteiger partial charge is 0.309 e. The van der Waals surface area contributed by atoms with Crippen LogP contribution in [0.25, 0.3) is 0 Å². The predicted molar refractivity (Wildman–Crippen MR) is 53.5 cm³/mol. The van der Waals surface area contributed by atoms with Crippen molar-refractivity contribution < 1.29 is 0 Å². The van der Waals surface area contributed by atoms with Gasteiger partial charge in [-0.3, -0.25) is 0 Å². The lowest BCUT2D eigenvalue weighted by molar-refractivity contribution is 0.504. The van der Waals surface area contributed by atoms with E-state index in [-0.39, 0.29) is 0 Å². The predicted octanol–water partition coefficient (Wildman–Crippen LogP) is 2.81. The molecule has 1 fully saturated rings. The van der Waals surface area contributed by atoms with Crippen molar-refractivity contribution in [2.45, 2.75) is 25.8 Å². The van der Waals surface area contributed by atoms with E-state index in [4.69, 9.17) is 0 Å². The highest BCUT2D eigenvalue weighted by Crippen LogP contribution is 2.42. The summed E-state index contributed by atoms with van der Waals surface area (Å²) in [6.45, 7) is 3.27. The summed E-state index contributed by atoms with van der Waals surface area (Å²) in [5, 5.41) is 5.73. The zero-order chi connectivity index (χ0) is 8.39. The van der Waals surface area contributed by atoms with Gasteiger partial charge in [-0.15, -0.1) is 11.3 Å². The minimum atomic E-state index is 0.648. The van der Waals surface area contributed by atoms with Crippen LogP contribution < -0.4 is 5.32 Å². The Morgan fingerprint density at radius 3 is 3.00 bits per heavy atom. The van der Waals surface area contributed by atoms with Crippen LogP contribution in [0.15, 0.2) is 17.5 Å². The summed E-state index contributed by atoms with van der Waals surface area (Å²) in [6, 6.07) is 5.04. The molecule has 1 aliphatic rings. The Hall–Kier alpha value is -0.340. The van der Waals surface area contributed by atoms with E-state index in [0.717, 1.165) is 12.5 Å². The summed E-state index contributed by atoms with van der Waals surface area (Å²) in [7, 11) is 0. The summed E-state index contributed by atoms with van der Waals surface area (Å²) < 4.78 is 0. The molecule has 12 heavy (non-hydrogen) atoms. The van der Waals surface area contributed by atoms with Crippen LogP contribution in [0, 0.1) is 5.92 Å². The monoisotopic (exact) mass is 181 g/mol. The van der Waals surface area contributed by atoms with E-state index in [2.05, 4.69) is 29.8 Å². The number of rotatable bonds is 4. The molecule has 0 amide bonds. The molecule has 1 aromatic rings. The van der Waals surface area contributed by atoms with Crippen molar-refractivity contribution in [3.05, 3.63) is 22.4 Å². The van der Waals surface area contributed by atoms with Crippen LogP contribution in [0.5, 0.6) is 0 Å². The van der Waals surface area contributed by atoms with Gasteiger partial charge in [0.2, 0.25) is 0 Å². The summed E-state index contributed by atoms with van der Waals surface area (Å²) in [5.41, 5.74) is 0. The first kappa shape index (κ1) is 8.27. The van der Waals surface area contributed by atoms with Crippen LogP contribution in [0.3, 0.4) is 0 Å². The van der Waals surface area contributed by atoms with Crippen molar-refractivity contribution in [2.24, 2.45) is 5.92 Å². The van der Waals surface area contributed by atoms with E-state index in [1.807, 2.05) is 11.3 Å². The van der Waals surface area contributed by atoms with Crippen molar-refractivity contribution in [3.63, 3.8) is 0 Å². The molecule has 0 bridgehead atoms. The van der Waals surface area contributed by atoms with Crippen LogP contribution in [0.1, 0.15) is 30.7 Å². The van der Waals surface area contributed by atoms with E-state index in [1.54, 1.807) is 0 Å². The lowest BCUT2D eigenvalue weighted by Gasteiger charge is -2.14. The zero-order valence-corrected chi connectivity index (χ0v) is 8.23. The van der Waals surface area contributed by atoms with Gasteiger partial charge in [0.1, 0.15) is 0 Å². The van der Waals surface area contributed by atoms with Crippen molar-refractivity contribution in [1.82, 2.24) is 5.32 Å². The molecule has 0 saturated heterocycles. The molecule has 1 atom stereocenters. The van der Waals surface area contributed by atoms with Gasteiger partial charge in [0.25, 0.3) is 0 Å². The fourth-order valence-electron chi connectivity index (χ4n) is 1.62. The third-order valence-corrected chi connectivity index (χ3v) is 3.32. The Morgan fingerprint density at radius 1 is 1.67 bits per heavy atom. The molecular weight excluding hydrogens is 166 g/mol. The standard InChI is InChI=1S/C10H15NS/c1-2-11-10(8-5-6-8)9-4-3-7-12-9/h3-4,7-8,10-11H,2,5-6H2,1H3. The molecule has 0 spiro atoms. The van der Waals surface area contributed by atoms with Gasteiger partial charge >= 0.3 is 0 Å². The number of thiophene rings is 1. The average molecular weight is 181 g/mol. The molecule has 1 N–H and O–H groups in total. The summed E-state index contributed by atoms with van der Waals surface area (Å²) in [4.78, 5) is 1.51. The minimum absolute atomic E-state index is 0.648. The fraction of sp³-hybridized carbons (Fsp3) is 0.600. The molecule has 1 heterocycles. The van der Waals surface area contributed by atoms with Crippen molar-refractivity contribution >= 4 is 11.3 Å². The molecule has 66 valence electrons. The molecule has 1 saturated carbocycles. The highest BCUT2D eigenvalue weighted by atomic mass is 32.1. The Kier molecular flexibility index (Phi) is 2.47. The highest BCUT2D eigenvalue weighted by molar-refractivity contribution is 7.10. The normalized spacial score (nSPS) is 19.4. The van der Waals surface area contributed by atoms with Gasteiger partial charge in [0.15, 0.2) is 0 Å². The van der Waals surface area contributed by atoms with Gasteiger partial charge in [0.05, 0.1) is 0 Å². The van der Waals surface area contributed by atoms with Crippen LogP contribution in [-0.4, -0.2) is 6.54 Å². The molecule has 1 nitrogen and oxygen atoms in total. The van der Waals surface area contributed by atoms with Crippen molar-refractivity contribution in [1.29, 1.82) is 0 Å². The minimum Gasteiger partial charge on any atom is -0.309 e. The maximum atomic E-state index is 3.56. The molecular formula is C10H15NS. The van der Waals surface area contributed by atoms with Crippen molar-refractivity contribution in [3.8, 4) is 0 Å². The Morgan fingerprint density at radius 2 is 2.50 bits per heavy atom. The quantitative estimate of drug-likeness (QED) is 0.753. The number of hydrogen-bond donors (Lipinski definition) is 1. The zero-order valence-electron chi connectivity index (χ0n) is 7.42. The molecule has 1 aromatic heterocycles. The number of nitrogens with one attached hydrogen (secondary N) is 1. The second kappa shape index (κ2) is 3.58. The lowest BCUT2D eigenvalue weighted by atomic mass is 10.1. The smallest absolute Gasteiger partial charge is 0.0443 e. The van der Waals surface area contributed by atoms with Gasteiger partial charge < -0.3 is 5.32 Å². The van der Waals surface area contributed by atoms with E-state index in [1.165, 1.54) is 17.7 Å². The van der Waals surface area contributed by atoms with Gasteiger partial charge in [-0.2, -0.15) is 0 Å². The second-order valence-electron chi connectivity index (χ2n) is 3.39.